The Hall–Kier alpha value is -5.60. The second kappa shape index (κ2) is 15.8. The summed E-state index contributed by atoms with van der Waals surface area (Å²) in [4.78, 5) is 80.9. The number of aliphatic hydroxyl groups is 1. The van der Waals surface area contributed by atoms with E-state index in [1.165, 1.54) is 88.4 Å². The van der Waals surface area contributed by atoms with Crippen molar-refractivity contribution in [1.29, 1.82) is 0 Å². The number of hydrogen-bond acceptors (Lipinski definition) is 15. The fourth-order valence-corrected chi connectivity index (χ4v) is 9.04. The minimum atomic E-state index is -0.975. The predicted molar refractivity (Wildman–Crippen MR) is 190 cm³/mol. The number of nitrogens with zero attached hydrogens (tertiary/aromatic N) is 5. The molecule has 4 heterocycles. The first-order valence-electron chi connectivity index (χ1n) is 16.6. The van der Waals surface area contributed by atoms with Crippen LogP contribution in [0.15, 0.2) is 64.5 Å². The van der Waals surface area contributed by atoms with E-state index < -0.39 is 58.0 Å². The third-order valence-electron chi connectivity index (χ3n) is 9.37. The van der Waals surface area contributed by atoms with Gasteiger partial charge in [0.2, 0.25) is 5.91 Å². The van der Waals surface area contributed by atoms with E-state index in [0.717, 1.165) is 0 Å². The van der Waals surface area contributed by atoms with Gasteiger partial charge in [-0.3, -0.25) is 29.9 Å². The van der Waals surface area contributed by atoms with Gasteiger partial charge in [-0.15, -0.1) is 23.1 Å². The molecule has 3 aromatic rings. The summed E-state index contributed by atoms with van der Waals surface area (Å²) in [6.07, 6.45) is -2.29. The van der Waals surface area contributed by atoms with E-state index in [9.17, 15) is 44.5 Å². The van der Waals surface area contributed by atoms with Crippen molar-refractivity contribution < 1.29 is 48.3 Å². The standard InChI is InChI=1S/C34H34N6O12S2/c1-17-28-27(18(2)41)31(42)38(28)29(32(43)50-13-19-3-7-21(8-4-19)39(46)47)30(17)54-23-11-25(24-16-53-26(36-24)15-51-33(35)44)37(12-23)34(45)52-14-20-5-9-22(10-6-20)40(48)49/h3-10,16-18,23,25,27-28,41H,11-15H2,1-2H3,(H2,35,44)/t17-,18-,23+,25+,27-,28-/m1/s1. The summed E-state index contributed by atoms with van der Waals surface area (Å²) in [6.45, 7) is 2.96. The lowest BCUT2D eigenvalue weighted by Gasteiger charge is -2.46. The summed E-state index contributed by atoms with van der Waals surface area (Å²) in [6, 6.07) is 9.98. The number of fused-ring (bicyclic) bond motifs is 1. The number of non-ortho nitro benzene ring substituents is 2. The van der Waals surface area contributed by atoms with E-state index in [1.54, 1.807) is 5.38 Å². The molecule has 6 atom stereocenters. The molecule has 6 rings (SSSR count). The Bertz CT molecular complexity index is 2000. The molecule has 0 saturated carbocycles. The molecule has 54 heavy (non-hydrogen) atoms. The number of carbonyl (C=O) groups is 4. The van der Waals surface area contributed by atoms with Crippen LogP contribution in [0.1, 0.15) is 48.1 Å². The van der Waals surface area contributed by atoms with Crippen LogP contribution in [0.2, 0.25) is 0 Å². The zero-order chi connectivity index (χ0) is 38.8. The fraction of sp³-hybridized carbons (Fsp3) is 0.382. The van der Waals surface area contributed by atoms with Crippen LogP contribution in [0.5, 0.6) is 0 Å². The molecular formula is C34H34N6O12S2. The molecule has 3 aliphatic rings. The molecule has 2 aromatic carbocycles. The van der Waals surface area contributed by atoms with Gasteiger partial charge in [-0.2, -0.15) is 0 Å². The van der Waals surface area contributed by atoms with E-state index in [2.05, 4.69) is 4.98 Å². The van der Waals surface area contributed by atoms with E-state index in [-0.39, 0.29) is 54.6 Å². The Morgan fingerprint density at radius 2 is 1.59 bits per heavy atom. The van der Waals surface area contributed by atoms with Crippen molar-refractivity contribution in [2.75, 3.05) is 6.54 Å². The van der Waals surface area contributed by atoms with Crippen molar-refractivity contribution in [2.45, 2.75) is 63.5 Å². The van der Waals surface area contributed by atoms with Crippen molar-refractivity contribution in [3.05, 3.63) is 107 Å². The molecule has 0 spiro atoms. The van der Waals surface area contributed by atoms with Gasteiger partial charge in [0.25, 0.3) is 11.4 Å². The highest BCUT2D eigenvalue weighted by molar-refractivity contribution is 8.03. The smallest absolute Gasteiger partial charge is 0.410 e. The highest BCUT2D eigenvalue weighted by atomic mass is 32.2. The van der Waals surface area contributed by atoms with Gasteiger partial charge in [-0.1, -0.05) is 6.92 Å². The minimum Gasteiger partial charge on any atom is -0.456 e. The maximum Gasteiger partial charge on any atom is 0.410 e. The molecule has 18 nitrogen and oxygen atoms in total. The van der Waals surface area contributed by atoms with Crippen molar-refractivity contribution in [1.82, 2.24) is 14.8 Å². The van der Waals surface area contributed by atoms with Crippen LogP contribution in [0.3, 0.4) is 0 Å². The lowest BCUT2D eigenvalue weighted by molar-refractivity contribution is -0.385. The average Bonchev–Trinajstić information content (AvgIpc) is 3.84. The zero-order valence-corrected chi connectivity index (χ0v) is 30.4. The molecule has 0 unspecified atom stereocenters. The van der Waals surface area contributed by atoms with Gasteiger partial charge in [0.15, 0.2) is 0 Å². The van der Waals surface area contributed by atoms with E-state index in [0.29, 0.717) is 33.2 Å². The molecule has 1 aromatic heterocycles. The molecule has 3 N–H and O–H groups in total. The molecule has 0 bridgehead atoms. The van der Waals surface area contributed by atoms with Crippen LogP contribution in [-0.4, -0.2) is 77.7 Å². The average molecular weight is 783 g/mol. The third-order valence-corrected chi connectivity index (χ3v) is 11.7. The second-order valence-electron chi connectivity index (χ2n) is 12.9. The number of aromatic nitrogens is 1. The number of amides is 3. The first kappa shape index (κ1) is 38.1. The van der Waals surface area contributed by atoms with Crippen LogP contribution in [-0.2, 0) is 43.6 Å². The molecule has 0 radical (unpaired) electrons. The SMILES string of the molecule is C[C@@H](O)[C@H]1C(=O)N2C(C(=O)OCc3ccc([N+](=O)[O-])cc3)=C(S[C@H]3C[C@@H](c4csc(COC(N)=O)n4)N(C(=O)OCc4ccc([N+](=O)[O-])cc4)C3)[C@H](C)[C@H]12. The molecular weight excluding hydrogens is 749 g/mol. The van der Waals surface area contributed by atoms with Gasteiger partial charge in [0, 0.05) is 52.3 Å². The molecule has 20 heteroatoms. The fourth-order valence-electron chi connectivity index (χ4n) is 6.76. The lowest BCUT2D eigenvalue weighted by Crippen LogP contribution is -2.63. The molecule has 2 saturated heterocycles. The Labute approximate surface area is 315 Å². The second-order valence-corrected chi connectivity index (χ2v) is 15.1. The van der Waals surface area contributed by atoms with Gasteiger partial charge in [0.05, 0.1) is 39.6 Å². The minimum absolute atomic E-state index is 0.0385. The number of primary amides is 1. The number of nitrogens with two attached hydrogens (primary N) is 1. The number of esters is 1. The number of thiazole rings is 1. The zero-order valence-electron chi connectivity index (χ0n) is 28.8. The Kier molecular flexibility index (Phi) is 11.1. The maximum atomic E-state index is 13.8. The number of aliphatic hydroxyl groups excluding tert-OH is 1. The van der Waals surface area contributed by atoms with Gasteiger partial charge < -0.3 is 30.0 Å². The number of β-lactam (4-membered cyclic amide) rings is 1. The number of nitro benzene ring substituents is 2. The number of rotatable bonds is 13. The molecule has 2 fully saturated rings. The first-order valence-corrected chi connectivity index (χ1v) is 18.3. The summed E-state index contributed by atoms with van der Waals surface area (Å²) in [5.41, 5.74) is 6.44. The predicted octanol–water partition coefficient (Wildman–Crippen LogP) is 4.55. The number of thioether (sulfide) groups is 1. The van der Waals surface area contributed by atoms with Gasteiger partial charge in [-0.05, 0) is 48.7 Å². The molecule has 3 amide bonds. The highest BCUT2D eigenvalue weighted by Gasteiger charge is 2.60. The Morgan fingerprint density at radius 3 is 2.15 bits per heavy atom. The molecule has 3 aliphatic heterocycles. The number of nitro groups is 2. The molecule has 0 aliphatic carbocycles. The normalized spacial score (nSPS) is 22.4. The van der Waals surface area contributed by atoms with Gasteiger partial charge in [-0.25, -0.2) is 19.4 Å². The van der Waals surface area contributed by atoms with E-state index in [1.807, 2.05) is 6.92 Å². The largest absolute Gasteiger partial charge is 0.456 e. The van der Waals surface area contributed by atoms with Crippen molar-refractivity contribution >= 4 is 58.5 Å². The van der Waals surface area contributed by atoms with Crippen LogP contribution < -0.4 is 5.73 Å². The van der Waals surface area contributed by atoms with Crippen LogP contribution in [0, 0.1) is 32.1 Å². The summed E-state index contributed by atoms with van der Waals surface area (Å²) in [5, 5.41) is 34.4. The van der Waals surface area contributed by atoms with Crippen LogP contribution in [0.4, 0.5) is 21.0 Å². The third kappa shape index (κ3) is 7.85. The maximum absolute atomic E-state index is 13.8. The summed E-state index contributed by atoms with van der Waals surface area (Å²) < 4.78 is 16.1. The summed E-state index contributed by atoms with van der Waals surface area (Å²) in [5.74, 6) is -2.33. The number of carbonyl (C=O) groups excluding carboxylic acids is 4. The van der Waals surface area contributed by atoms with Crippen LogP contribution in [0.25, 0.3) is 0 Å². The lowest BCUT2D eigenvalue weighted by atomic mass is 9.79. The Morgan fingerprint density at radius 1 is 1.00 bits per heavy atom. The topological polar surface area (TPSA) is 248 Å². The highest BCUT2D eigenvalue weighted by Crippen LogP contribution is 2.53. The number of hydrogen-bond donors (Lipinski definition) is 2. The molecule has 284 valence electrons. The van der Waals surface area contributed by atoms with Crippen molar-refractivity contribution in [3.63, 3.8) is 0 Å². The summed E-state index contributed by atoms with van der Waals surface area (Å²) >= 11 is 2.52. The first-order chi connectivity index (χ1) is 25.7. The van der Waals surface area contributed by atoms with Crippen LogP contribution >= 0.6 is 23.1 Å². The number of ether oxygens (including phenoxy) is 3. The number of benzene rings is 2. The van der Waals surface area contributed by atoms with E-state index >= 15 is 0 Å². The number of likely N-dealkylation sites (tertiary alicyclic amines) is 1. The summed E-state index contributed by atoms with van der Waals surface area (Å²) in [7, 11) is 0. The van der Waals surface area contributed by atoms with Crippen molar-refractivity contribution in [2.24, 2.45) is 17.6 Å². The van der Waals surface area contributed by atoms with Gasteiger partial charge >= 0.3 is 18.2 Å². The monoisotopic (exact) mass is 782 g/mol. The van der Waals surface area contributed by atoms with E-state index in [4.69, 9.17) is 19.9 Å². The quantitative estimate of drug-likeness (QED) is 0.0794. The Balaban J connectivity index is 1.24. The van der Waals surface area contributed by atoms with Gasteiger partial charge in [0.1, 0.15) is 30.5 Å². The van der Waals surface area contributed by atoms with Crippen molar-refractivity contribution in [3.8, 4) is 0 Å².